The standard InChI is InChI=1S/C25H31N3O3/c1-19-6-4-7-20(16-19)31-23-8-9-26-22-18-25(24(29-3)17-21(22)23)30-15-5-10-28-13-11-27(2)12-14-28/h4,6-9,16-18H,5,10-15H2,1-3H3. The highest BCUT2D eigenvalue weighted by atomic mass is 16.5. The Morgan fingerprint density at radius 1 is 0.968 bits per heavy atom. The number of ether oxygens (including phenoxy) is 3. The summed E-state index contributed by atoms with van der Waals surface area (Å²) in [5.74, 6) is 2.95. The van der Waals surface area contributed by atoms with Gasteiger partial charge in [0.05, 0.1) is 19.2 Å². The van der Waals surface area contributed by atoms with E-state index in [0.717, 1.165) is 67.1 Å². The molecule has 6 heteroatoms. The van der Waals surface area contributed by atoms with Gasteiger partial charge in [-0.1, -0.05) is 12.1 Å². The third-order valence-corrected chi connectivity index (χ3v) is 5.68. The molecule has 6 nitrogen and oxygen atoms in total. The van der Waals surface area contributed by atoms with Crippen LogP contribution in [-0.4, -0.2) is 68.3 Å². The molecule has 0 N–H and O–H groups in total. The van der Waals surface area contributed by atoms with Gasteiger partial charge in [0.15, 0.2) is 11.5 Å². The van der Waals surface area contributed by atoms with Crippen molar-refractivity contribution in [3.05, 3.63) is 54.2 Å². The van der Waals surface area contributed by atoms with Gasteiger partial charge in [-0.15, -0.1) is 0 Å². The summed E-state index contributed by atoms with van der Waals surface area (Å²) >= 11 is 0. The highest BCUT2D eigenvalue weighted by molar-refractivity contribution is 5.88. The molecule has 0 aliphatic carbocycles. The molecule has 0 saturated carbocycles. The minimum Gasteiger partial charge on any atom is -0.493 e. The van der Waals surface area contributed by atoms with Gasteiger partial charge in [0.1, 0.15) is 11.5 Å². The number of rotatable bonds is 8. The summed E-state index contributed by atoms with van der Waals surface area (Å²) in [5, 5.41) is 0.894. The zero-order valence-electron chi connectivity index (χ0n) is 18.6. The van der Waals surface area contributed by atoms with Gasteiger partial charge in [-0.3, -0.25) is 4.98 Å². The number of methoxy groups -OCH3 is 1. The quantitative estimate of drug-likeness (QED) is 0.504. The smallest absolute Gasteiger partial charge is 0.163 e. The van der Waals surface area contributed by atoms with Gasteiger partial charge in [0.25, 0.3) is 0 Å². The lowest BCUT2D eigenvalue weighted by Gasteiger charge is -2.32. The summed E-state index contributed by atoms with van der Waals surface area (Å²) in [4.78, 5) is 9.39. The topological polar surface area (TPSA) is 47.1 Å². The molecule has 0 atom stereocenters. The zero-order valence-corrected chi connectivity index (χ0v) is 18.6. The predicted octanol–water partition coefficient (Wildman–Crippen LogP) is 4.36. The van der Waals surface area contributed by atoms with E-state index in [-0.39, 0.29) is 0 Å². The summed E-state index contributed by atoms with van der Waals surface area (Å²) in [6.45, 7) is 8.28. The second-order valence-electron chi connectivity index (χ2n) is 8.09. The maximum Gasteiger partial charge on any atom is 0.163 e. The Morgan fingerprint density at radius 3 is 2.58 bits per heavy atom. The number of aryl methyl sites for hydroxylation is 1. The molecule has 0 spiro atoms. The molecule has 1 aromatic heterocycles. The average Bonchev–Trinajstić information content (AvgIpc) is 2.77. The largest absolute Gasteiger partial charge is 0.493 e. The first-order chi connectivity index (χ1) is 15.1. The van der Waals surface area contributed by atoms with Crippen LogP contribution in [0, 0.1) is 6.92 Å². The Morgan fingerprint density at radius 2 is 1.81 bits per heavy atom. The molecule has 1 saturated heterocycles. The first-order valence-corrected chi connectivity index (χ1v) is 10.9. The van der Waals surface area contributed by atoms with E-state index in [2.05, 4.69) is 21.8 Å². The first-order valence-electron chi connectivity index (χ1n) is 10.9. The van der Waals surface area contributed by atoms with Crippen molar-refractivity contribution in [3.63, 3.8) is 0 Å². The molecule has 1 aliphatic rings. The van der Waals surface area contributed by atoms with Crippen molar-refractivity contribution in [2.24, 2.45) is 0 Å². The Kier molecular flexibility index (Phi) is 6.89. The van der Waals surface area contributed by atoms with Crippen molar-refractivity contribution in [1.82, 2.24) is 14.8 Å². The normalized spacial score (nSPS) is 15.2. The van der Waals surface area contributed by atoms with Crippen molar-refractivity contribution in [2.75, 3.05) is 53.5 Å². The molecule has 0 bridgehead atoms. The second kappa shape index (κ2) is 9.98. The summed E-state index contributed by atoms with van der Waals surface area (Å²) in [6, 6.07) is 13.8. The Labute approximate surface area is 184 Å². The monoisotopic (exact) mass is 421 g/mol. The number of aromatic nitrogens is 1. The molecular weight excluding hydrogens is 390 g/mol. The van der Waals surface area contributed by atoms with Crippen LogP contribution in [0.1, 0.15) is 12.0 Å². The molecule has 4 rings (SSSR count). The highest BCUT2D eigenvalue weighted by Crippen LogP contribution is 2.37. The van der Waals surface area contributed by atoms with Crippen LogP contribution in [0.25, 0.3) is 10.9 Å². The first kappa shape index (κ1) is 21.4. The maximum absolute atomic E-state index is 6.14. The molecule has 1 aliphatic heterocycles. The number of hydrogen-bond donors (Lipinski definition) is 0. The molecule has 2 aromatic carbocycles. The summed E-state index contributed by atoms with van der Waals surface area (Å²) < 4.78 is 17.8. The van der Waals surface area contributed by atoms with Crippen LogP contribution in [0.2, 0.25) is 0 Å². The number of benzene rings is 2. The summed E-state index contributed by atoms with van der Waals surface area (Å²) in [5.41, 5.74) is 1.97. The van der Waals surface area contributed by atoms with E-state index in [9.17, 15) is 0 Å². The number of hydrogen-bond acceptors (Lipinski definition) is 6. The average molecular weight is 422 g/mol. The fourth-order valence-electron chi connectivity index (χ4n) is 3.84. The lowest BCUT2D eigenvalue weighted by Crippen LogP contribution is -2.44. The summed E-state index contributed by atoms with van der Waals surface area (Å²) in [6.07, 6.45) is 2.74. The highest BCUT2D eigenvalue weighted by Gasteiger charge is 2.14. The lowest BCUT2D eigenvalue weighted by molar-refractivity contribution is 0.145. The fourth-order valence-corrected chi connectivity index (χ4v) is 3.84. The van der Waals surface area contributed by atoms with Crippen LogP contribution in [0.5, 0.6) is 23.0 Å². The van der Waals surface area contributed by atoms with E-state index in [1.807, 2.05) is 49.4 Å². The van der Waals surface area contributed by atoms with Crippen LogP contribution in [0.4, 0.5) is 0 Å². The Bertz CT molecular complexity index is 1020. The second-order valence-corrected chi connectivity index (χ2v) is 8.09. The molecular formula is C25H31N3O3. The van der Waals surface area contributed by atoms with Crippen molar-refractivity contribution in [1.29, 1.82) is 0 Å². The molecule has 0 radical (unpaired) electrons. The van der Waals surface area contributed by atoms with Crippen molar-refractivity contribution in [2.45, 2.75) is 13.3 Å². The molecule has 1 fully saturated rings. The Balaban J connectivity index is 1.44. The molecule has 2 heterocycles. The third kappa shape index (κ3) is 5.46. The van der Waals surface area contributed by atoms with Crippen molar-refractivity contribution >= 4 is 10.9 Å². The molecule has 164 valence electrons. The third-order valence-electron chi connectivity index (χ3n) is 5.68. The number of pyridine rings is 1. The molecule has 0 amide bonds. The van der Waals surface area contributed by atoms with Gasteiger partial charge < -0.3 is 24.0 Å². The van der Waals surface area contributed by atoms with Crippen LogP contribution < -0.4 is 14.2 Å². The number of likely N-dealkylation sites (N-methyl/N-ethyl adjacent to an activating group) is 1. The SMILES string of the molecule is COc1cc2c(Oc3cccc(C)c3)ccnc2cc1OCCCN1CCN(C)CC1. The zero-order chi connectivity index (χ0) is 21.6. The van der Waals surface area contributed by atoms with E-state index >= 15 is 0 Å². The number of nitrogens with zero attached hydrogens (tertiary/aromatic N) is 3. The van der Waals surface area contributed by atoms with Crippen LogP contribution >= 0.6 is 0 Å². The van der Waals surface area contributed by atoms with Crippen molar-refractivity contribution in [3.8, 4) is 23.0 Å². The predicted molar refractivity (Wildman–Crippen MR) is 124 cm³/mol. The molecule has 0 unspecified atom stereocenters. The van der Waals surface area contributed by atoms with Crippen LogP contribution in [0.15, 0.2) is 48.7 Å². The van der Waals surface area contributed by atoms with Crippen LogP contribution in [-0.2, 0) is 0 Å². The van der Waals surface area contributed by atoms with Gasteiger partial charge in [-0.2, -0.15) is 0 Å². The van der Waals surface area contributed by atoms with Gasteiger partial charge in [0.2, 0.25) is 0 Å². The van der Waals surface area contributed by atoms with Gasteiger partial charge >= 0.3 is 0 Å². The molecule has 3 aromatic rings. The fraction of sp³-hybridized carbons (Fsp3) is 0.400. The minimum atomic E-state index is 0.647. The van der Waals surface area contributed by atoms with Crippen LogP contribution in [0.3, 0.4) is 0 Å². The molecule has 31 heavy (non-hydrogen) atoms. The van der Waals surface area contributed by atoms with E-state index in [1.54, 1.807) is 13.3 Å². The van der Waals surface area contributed by atoms with Gasteiger partial charge in [-0.25, -0.2) is 0 Å². The van der Waals surface area contributed by atoms with Gasteiger partial charge in [0, 0.05) is 50.4 Å². The van der Waals surface area contributed by atoms with E-state index in [4.69, 9.17) is 14.2 Å². The van der Waals surface area contributed by atoms with Crippen molar-refractivity contribution < 1.29 is 14.2 Å². The maximum atomic E-state index is 6.14. The van der Waals surface area contributed by atoms with E-state index in [1.165, 1.54) is 0 Å². The van der Waals surface area contributed by atoms with E-state index in [0.29, 0.717) is 18.1 Å². The Hall–Kier alpha value is -2.83. The number of piperazine rings is 1. The van der Waals surface area contributed by atoms with E-state index < -0.39 is 0 Å². The number of fused-ring (bicyclic) bond motifs is 1. The minimum absolute atomic E-state index is 0.647. The lowest BCUT2D eigenvalue weighted by atomic mass is 10.1. The summed E-state index contributed by atoms with van der Waals surface area (Å²) in [7, 11) is 3.84. The van der Waals surface area contributed by atoms with Gasteiger partial charge in [-0.05, 0) is 50.2 Å².